The number of alkyl halides is 3. The van der Waals surface area contributed by atoms with Gasteiger partial charge in [0.2, 0.25) is 0 Å². The average molecular weight is 454 g/mol. The van der Waals surface area contributed by atoms with E-state index in [9.17, 15) is 18.0 Å². The maximum atomic E-state index is 13.5. The molecule has 0 atom stereocenters. The summed E-state index contributed by atoms with van der Waals surface area (Å²) in [6, 6.07) is 6.63. The Morgan fingerprint density at radius 2 is 2.03 bits per heavy atom. The van der Waals surface area contributed by atoms with Gasteiger partial charge in [0, 0.05) is 22.7 Å². The Kier molecular flexibility index (Phi) is 5.21. The number of aromatic nitrogens is 3. The smallest absolute Gasteiger partial charge is 0.433 e. The number of carbonyl (C=O) groups excluding carboxylic acids is 1. The summed E-state index contributed by atoms with van der Waals surface area (Å²) in [6.07, 6.45) is -3.14. The summed E-state index contributed by atoms with van der Waals surface area (Å²) in [5, 5.41) is 7.58. The van der Waals surface area contributed by atoms with Gasteiger partial charge in [-0.2, -0.15) is 18.3 Å². The van der Waals surface area contributed by atoms with Crippen LogP contribution in [0.5, 0.6) is 5.75 Å². The third-order valence-corrected chi connectivity index (χ3v) is 4.84. The van der Waals surface area contributed by atoms with Gasteiger partial charge in [-0.15, -0.1) is 0 Å². The number of fused-ring (bicyclic) bond motifs is 1. The topological polar surface area (TPSA) is 104 Å². The van der Waals surface area contributed by atoms with E-state index < -0.39 is 23.5 Å². The molecule has 3 aromatic rings. The number of oxime groups is 1. The highest BCUT2D eigenvalue weighted by Gasteiger charge is 2.37. The van der Waals surface area contributed by atoms with E-state index in [1.165, 1.54) is 13.2 Å². The highest BCUT2D eigenvalue weighted by Crippen LogP contribution is 2.41. The molecule has 31 heavy (non-hydrogen) atoms. The van der Waals surface area contributed by atoms with Crippen LogP contribution in [0.15, 0.2) is 35.5 Å². The molecule has 2 heterocycles. The van der Waals surface area contributed by atoms with E-state index in [-0.39, 0.29) is 23.0 Å². The van der Waals surface area contributed by atoms with Crippen molar-refractivity contribution in [1.82, 2.24) is 14.6 Å². The zero-order valence-electron chi connectivity index (χ0n) is 16.0. The molecule has 0 spiro atoms. The Morgan fingerprint density at radius 3 is 2.68 bits per heavy atom. The van der Waals surface area contributed by atoms with E-state index >= 15 is 0 Å². The fraction of sp³-hybridized carbons (Fsp3) is 0.263. The van der Waals surface area contributed by atoms with Gasteiger partial charge in [0.1, 0.15) is 11.4 Å². The van der Waals surface area contributed by atoms with E-state index in [1.807, 2.05) is 0 Å². The quantitative estimate of drug-likeness (QED) is 0.273. The molecule has 12 heteroatoms. The minimum absolute atomic E-state index is 0.0199. The lowest BCUT2D eigenvalue weighted by molar-refractivity contribution is -0.142. The number of nitrogens with two attached hydrogens (primary N) is 1. The second-order valence-electron chi connectivity index (χ2n) is 6.84. The molecule has 1 aliphatic rings. The summed E-state index contributed by atoms with van der Waals surface area (Å²) in [6.45, 7) is 0. The number of ether oxygens (including phenoxy) is 1. The van der Waals surface area contributed by atoms with Gasteiger partial charge in [-0.05, 0) is 37.1 Å². The summed E-state index contributed by atoms with van der Waals surface area (Å²) >= 11 is 5.93. The molecule has 0 unspecified atom stereocenters. The zero-order chi connectivity index (χ0) is 22.3. The molecule has 4 rings (SSSR count). The van der Waals surface area contributed by atoms with Crippen LogP contribution in [0.4, 0.5) is 13.2 Å². The predicted octanol–water partition coefficient (Wildman–Crippen LogP) is 3.76. The molecule has 0 aliphatic heterocycles. The largest absolute Gasteiger partial charge is 0.496 e. The van der Waals surface area contributed by atoms with E-state index in [2.05, 4.69) is 15.2 Å². The second-order valence-corrected chi connectivity index (χ2v) is 7.27. The van der Waals surface area contributed by atoms with Gasteiger partial charge in [-0.3, -0.25) is 0 Å². The third kappa shape index (κ3) is 4.26. The maximum absolute atomic E-state index is 13.5. The van der Waals surface area contributed by atoms with Gasteiger partial charge >= 0.3 is 12.1 Å². The summed E-state index contributed by atoms with van der Waals surface area (Å²) < 4.78 is 46.1. The Morgan fingerprint density at radius 1 is 1.29 bits per heavy atom. The first-order chi connectivity index (χ1) is 14.7. The first-order valence-corrected chi connectivity index (χ1v) is 9.42. The zero-order valence-corrected chi connectivity index (χ0v) is 16.7. The fourth-order valence-electron chi connectivity index (χ4n) is 2.95. The molecular weight excluding hydrogens is 439 g/mol. The molecule has 162 valence electrons. The third-order valence-electron chi connectivity index (χ3n) is 4.61. The Bertz CT molecular complexity index is 1200. The number of nitrogens with zero attached hydrogens (tertiary/aromatic N) is 4. The summed E-state index contributed by atoms with van der Waals surface area (Å²) in [5.41, 5.74) is 4.88. The van der Waals surface area contributed by atoms with E-state index in [0.29, 0.717) is 21.0 Å². The fourth-order valence-corrected chi connectivity index (χ4v) is 3.12. The van der Waals surface area contributed by atoms with Crippen molar-refractivity contribution in [2.75, 3.05) is 7.11 Å². The molecule has 1 aliphatic carbocycles. The minimum Gasteiger partial charge on any atom is -0.496 e. The van der Waals surface area contributed by atoms with Gasteiger partial charge in [-0.25, -0.2) is 14.3 Å². The average Bonchev–Trinajstić information content (AvgIpc) is 3.48. The molecular formula is C19H15ClF3N5O3. The molecule has 0 saturated heterocycles. The van der Waals surface area contributed by atoms with Crippen LogP contribution < -0.4 is 10.5 Å². The van der Waals surface area contributed by atoms with Crippen LogP contribution >= 0.6 is 11.6 Å². The number of carbonyl (C=O) groups is 1. The van der Waals surface area contributed by atoms with Crippen molar-refractivity contribution in [3.8, 4) is 5.75 Å². The molecule has 1 fully saturated rings. The first-order valence-electron chi connectivity index (χ1n) is 9.04. The van der Waals surface area contributed by atoms with Gasteiger partial charge in [0.15, 0.2) is 17.2 Å². The van der Waals surface area contributed by atoms with Crippen molar-refractivity contribution in [3.63, 3.8) is 0 Å². The van der Waals surface area contributed by atoms with E-state index in [1.54, 1.807) is 12.1 Å². The van der Waals surface area contributed by atoms with E-state index in [4.69, 9.17) is 26.9 Å². The van der Waals surface area contributed by atoms with Crippen LogP contribution in [-0.2, 0) is 11.0 Å². The number of methoxy groups -OCH3 is 1. The first kappa shape index (κ1) is 20.9. The minimum atomic E-state index is -4.68. The Labute approximate surface area is 178 Å². The SMILES string of the molecule is COc1ccc(Cl)cc1/C(N)=N/OC(=O)c1cc2nc(C3CC3)cc(C(F)(F)F)n2n1. The molecule has 1 aromatic carbocycles. The highest BCUT2D eigenvalue weighted by molar-refractivity contribution is 6.31. The van der Waals surface area contributed by atoms with Crippen LogP contribution in [0.25, 0.3) is 5.65 Å². The number of hydrogen-bond acceptors (Lipinski definition) is 6. The van der Waals surface area contributed by atoms with Crippen molar-refractivity contribution in [2.24, 2.45) is 10.9 Å². The molecule has 0 amide bonds. The lowest BCUT2D eigenvalue weighted by atomic mass is 10.2. The molecule has 0 radical (unpaired) electrons. The van der Waals surface area contributed by atoms with Crippen molar-refractivity contribution >= 4 is 29.1 Å². The van der Waals surface area contributed by atoms with Crippen molar-refractivity contribution in [2.45, 2.75) is 24.9 Å². The lowest BCUT2D eigenvalue weighted by Crippen LogP contribution is -2.17. The molecule has 2 aromatic heterocycles. The van der Waals surface area contributed by atoms with Crippen molar-refractivity contribution < 1.29 is 27.5 Å². The van der Waals surface area contributed by atoms with Crippen LogP contribution in [0.3, 0.4) is 0 Å². The molecule has 8 nitrogen and oxygen atoms in total. The van der Waals surface area contributed by atoms with E-state index in [0.717, 1.165) is 25.0 Å². The summed E-state index contributed by atoms with van der Waals surface area (Å²) in [4.78, 5) is 21.3. The van der Waals surface area contributed by atoms with Crippen LogP contribution in [0, 0.1) is 0 Å². The molecule has 0 bridgehead atoms. The summed E-state index contributed by atoms with van der Waals surface area (Å²) in [7, 11) is 1.41. The van der Waals surface area contributed by atoms with Gasteiger partial charge in [0.05, 0.1) is 12.7 Å². The molecule has 2 N–H and O–H groups in total. The number of amidine groups is 1. The Hall–Kier alpha value is -3.34. The van der Waals surface area contributed by atoms with Crippen LogP contribution in [0.1, 0.15) is 46.2 Å². The van der Waals surface area contributed by atoms with Crippen molar-refractivity contribution in [3.05, 3.63) is 58.0 Å². The lowest BCUT2D eigenvalue weighted by Gasteiger charge is -2.10. The van der Waals surface area contributed by atoms with Gasteiger partial charge in [0.25, 0.3) is 0 Å². The summed E-state index contributed by atoms with van der Waals surface area (Å²) in [5.74, 6) is -1.01. The standard InChI is InChI=1S/C19H15ClF3N5O3/c1-30-14-5-4-10(20)6-11(14)17(24)27-31-18(29)13-8-16-25-12(9-2-3-9)7-15(19(21,22)23)28(16)26-13/h4-9H,2-3H2,1H3,(H2,24,27). The number of hydrogen-bond donors (Lipinski definition) is 1. The Balaban J connectivity index is 1.64. The van der Waals surface area contributed by atoms with Crippen molar-refractivity contribution in [1.29, 1.82) is 0 Å². The number of rotatable bonds is 5. The number of benzene rings is 1. The molecule has 1 saturated carbocycles. The van der Waals surface area contributed by atoms with Gasteiger partial charge in [-0.1, -0.05) is 16.8 Å². The maximum Gasteiger partial charge on any atom is 0.433 e. The van der Waals surface area contributed by atoms with Crippen LogP contribution in [0.2, 0.25) is 5.02 Å². The normalized spacial score (nSPS) is 14.7. The monoisotopic (exact) mass is 453 g/mol. The predicted molar refractivity (Wildman–Crippen MR) is 104 cm³/mol. The second kappa shape index (κ2) is 7.73. The van der Waals surface area contributed by atoms with Gasteiger partial charge < -0.3 is 15.3 Å². The number of halogens is 4. The highest BCUT2D eigenvalue weighted by atomic mass is 35.5. The van der Waals surface area contributed by atoms with Crippen LogP contribution in [-0.4, -0.2) is 33.5 Å².